The van der Waals surface area contributed by atoms with Gasteiger partial charge in [-0.3, -0.25) is 24.1 Å². The summed E-state index contributed by atoms with van der Waals surface area (Å²) in [5.41, 5.74) is 6.17. The molecule has 3 saturated heterocycles. The van der Waals surface area contributed by atoms with E-state index in [9.17, 15) is 98.2 Å². The number of carbonyl (C=O) groups is 7. The second-order valence-electron chi connectivity index (χ2n) is 28.5. The number of aromatic nitrogens is 1. The Bertz CT molecular complexity index is 4540. The molecule has 41 heteroatoms. The number of methoxy groups -OCH3 is 1. The molecule has 16 atom stereocenters. The van der Waals surface area contributed by atoms with Crippen LogP contribution >= 0.6 is 11.6 Å². The number of hydrogen-bond acceptors (Lipinski definition) is 32. The number of anilines is 1. The average Bonchev–Trinajstić information content (AvgIpc) is 1.61. The molecule has 5 aliphatic rings. The van der Waals surface area contributed by atoms with Crippen LogP contribution in [-0.4, -0.2) is 296 Å². The Morgan fingerprint density at radius 1 is 0.703 bits per heavy atom. The highest BCUT2D eigenvalue weighted by atomic mass is 35.5. The molecule has 6 heterocycles. The van der Waals surface area contributed by atoms with Crippen molar-refractivity contribution in [1.29, 1.82) is 0 Å². The minimum atomic E-state index is -5.49. The van der Waals surface area contributed by atoms with Crippen molar-refractivity contribution in [3.8, 4) is 23.0 Å². The first-order valence-electron chi connectivity index (χ1n) is 34.2. The Morgan fingerprint density at radius 2 is 1.30 bits per heavy atom. The van der Waals surface area contributed by atoms with Gasteiger partial charge in [-0.25, -0.2) is 20.2 Å². The van der Waals surface area contributed by atoms with Crippen molar-refractivity contribution >= 4 is 96.6 Å². The van der Waals surface area contributed by atoms with Crippen LogP contribution in [0.4, 0.5) is 5.69 Å². The van der Waals surface area contributed by atoms with E-state index in [1.54, 1.807) is 24.3 Å². The first kappa shape index (κ1) is 84.0. The zero-order valence-corrected chi connectivity index (χ0v) is 62.0. The number of aromatic amines is 1. The highest BCUT2D eigenvalue weighted by molar-refractivity contribution is 7.82. The van der Waals surface area contributed by atoms with Gasteiger partial charge in [0.15, 0.2) is 41.9 Å². The maximum absolute atomic E-state index is 15.0. The number of carbonyl (C=O) groups excluding carboxylic acids is 4. The fraction of sp³-hybridized carbons (Fsp3) is 0.486. The van der Waals surface area contributed by atoms with Gasteiger partial charge >= 0.3 is 28.3 Å². The van der Waals surface area contributed by atoms with Gasteiger partial charge in [0.1, 0.15) is 66.4 Å². The summed E-state index contributed by atoms with van der Waals surface area (Å²) in [6.45, 7) is 9.39. The SMILES string of the molecule is COc1ccc2c(OS(=O)(=O)Oc3cc(C(=O)N(C)CC(C)(C)COCC(C)(C)CN(N)/C=C(\N)COCCN4C(=O)C=CC4=O)ccc3O[C@@H]3O[C@H](C(=O)O)[C@@H](O)[C@H](O)[C@H]3O)cc3c(c2c1)[C@H](CCl)CN3C(=O)c1cc2cc(/C(C)=N/O[C@@H]3OC(C(=O)O)[C@@H](O)[C@H](OC4OC(C(=O)O)[C@@H](O)[C@H](O)[C@H]4O)[C@H]3O)ccc2[nH]1. The van der Waals surface area contributed by atoms with Gasteiger partial charge in [-0.1, -0.05) is 38.9 Å². The number of carboxylic acid groups (broad SMARTS) is 3. The van der Waals surface area contributed by atoms with Crippen molar-refractivity contribution in [2.75, 3.05) is 77.5 Å². The molecule has 1 aromatic heterocycles. The van der Waals surface area contributed by atoms with E-state index in [2.05, 4.69) is 10.1 Å². The molecular formula is C70H85ClN8O31S. The molecule has 3 fully saturated rings. The van der Waals surface area contributed by atoms with Crippen molar-refractivity contribution < 1.29 is 149 Å². The van der Waals surface area contributed by atoms with E-state index in [-0.39, 0.29) is 98.0 Å². The Balaban J connectivity index is 0.863. The van der Waals surface area contributed by atoms with Gasteiger partial charge in [0.25, 0.3) is 29.9 Å². The minimum absolute atomic E-state index is 0.0142. The molecular weight excluding hydrogens is 1520 g/mol. The lowest BCUT2D eigenvalue weighted by atomic mass is 9.92. The molecule has 4 aromatic carbocycles. The molecule has 0 aliphatic carbocycles. The number of fused-ring (bicyclic) bond motifs is 4. The Kier molecular flexibility index (Phi) is 25.9. The van der Waals surface area contributed by atoms with Crippen LogP contribution in [0.1, 0.15) is 72.5 Å². The summed E-state index contributed by atoms with van der Waals surface area (Å²) >= 11 is 6.66. The maximum Gasteiger partial charge on any atom is 0.501 e. The number of halogens is 1. The van der Waals surface area contributed by atoms with E-state index in [0.29, 0.717) is 27.4 Å². The number of hydrogen-bond donors (Lipinski definition) is 14. The molecule has 0 spiro atoms. The first-order chi connectivity index (χ1) is 52.2. The lowest BCUT2D eigenvalue weighted by Crippen LogP contribution is -2.65. The summed E-state index contributed by atoms with van der Waals surface area (Å²) in [6.07, 6.45) is -28.5. The van der Waals surface area contributed by atoms with Crippen molar-refractivity contribution in [3.05, 3.63) is 113 Å². The number of rotatable bonds is 32. The molecule has 4 amide bonds. The molecule has 604 valence electrons. The van der Waals surface area contributed by atoms with Crippen LogP contribution in [-0.2, 0) is 67.6 Å². The van der Waals surface area contributed by atoms with E-state index < -0.39 is 178 Å². The van der Waals surface area contributed by atoms with Crippen LogP contribution in [0.15, 0.2) is 95.9 Å². The van der Waals surface area contributed by atoms with E-state index in [4.69, 9.17) is 74.3 Å². The third-order valence-corrected chi connectivity index (χ3v) is 19.7. The van der Waals surface area contributed by atoms with Crippen LogP contribution in [0, 0.1) is 10.8 Å². The molecule has 3 unspecified atom stereocenters. The quantitative estimate of drug-likeness (QED) is 0.00606. The predicted molar refractivity (Wildman–Crippen MR) is 381 cm³/mol. The van der Waals surface area contributed by atoms with E-state index >= 15 is 0 Å². The number of carboxylic acids is 3. The van der Waals surface area contributed by atoms with E-state index in [1.807, 2.05) is 27.7 Å². The monoisotopic (exact) mass is 1600 g/mol. The molecule has 5 aromatic rings. The fourth-order valence-electron chi connectivity index (χ4n) is 13.1. The Morgan fingerprint density at radius 3 is 1.93 bits per heavy atom. The van der Waals surface area contributed by atoms with Gasteiger partial charge in [-0.2, -0.15) is 0 Å². The number of imide groups is 1. The zero-order valence-electron chi connectivity index (χ0n) is 60.4. The van der Waals surface area contributed by atoms with Gasteiger partial charge in [-0.15, -0.1) is 20.0 Å². The number of aliphatic carboxylic acids is 3. The van der Waals surface area contributed by atoms with Gasteiger partial charge in [-0.05, 0) is 78.0 Å². The summed E-state index contributed by atoms with van der Waals surface area (Å²) in [5.74, 6) is -3.59. The number of nitrogens with one attached hydrogen (secondary N) is 1. The topological polar surface area (TPSA) is 571 Å². The molecule has 0 radical (unpaired) electrons. The lowest BCUT2D eigenvalue weighted by Gasteiger charge is -2.44. The van der Waals surface area contributed by atoms with Crippen LogP contribution < -0.4 is 34.3 Å². The number of oxime groups is 1. The highest BCUT2D eigenvalue weighted by Gasteiger charge is 2.55. The number of H-pyrrole nitrogens is 1. The minimum Gasteiger partial charge on any atom is -0.497 e. The summed E-state index contributed by atoms with van der Waals surface area (Å²) in [4.78, 5) is 101. The number of amides is 4. The molecule has 0 bridgehead atoms. The molecule has 111 heavy (non-hydrogen) atoms. The number of alkyl halides is 1. The standard InChI is InChI=1S/C70H85ClN8O31S/c1-31(75-108-68-56(89)57(55(88)60(107-68)65(96)97)104-67-54(87)50(83)52(85)59(106-67)64(94)95)32-8-12-40-34(18-32)19-41(74-40)62(91)79-24-35(23-71)48-39-21-37(100-7)10-11-38(39)44(22-42(48)79)109-111(98,99)110-45-20-33(9-13-43(45)103-66-53(86)49(82)51(84)58(105-66)63(92)93)61(90)76(6)27-69(2,3)29-102-30-70(4,5)28-77(73)25-36(72)26-101-17-16-78-46(80)14-15-47(78)81/h8-15,18-22,25,35,49-60,66-68,74,82-89H,16-17,23-24,26-30,72-73H2,1-7H3,(H,92,93)(H,94,95)(H,96,97)/b36-25-,75-31+/t35-,49+,50+,51+,52+,53-,54-,55+,56-,57+,58+,59?,60?,66-,67?,68+/m1/s1. The lowest BCUT2D eigenvalue weighted by molar-refractivity contribution is -0.352. The van der Waals surface area contributed by atoms with Gasteiger partial charge < -0.3 is 133 Å². The van der Waals surface area contributed by atoms with Crippen molar-refractivity contribution in [3.63, 3.8) is 0 Å². The van der Waals surface area contributed by atoms with E-state index in [0.717, 1.165) is 17.0 Å². The first-order valence-corrected chi connectivity index (χ1v) is 36.1. The second-order valence-corrected chi connectivity index (χ2v) is 30.0. The molecule has 16 N–H and O–H groups in total. The Labute approximate surface area is 636 Å². The van der Waals surface area contributed by atoms with Gasteiger partial charge in [0, 0.05) is 95.6 Å². The van der Waals surface area contributed by atoms with E-state index in [1.165, 1.54) is 84.6 Å². The van der Waals surface area contributed by atoms with Crippen LogP contribution in [0.3, 0.4) is 0 Å². The van der Waals surface area contributed by atoms with Crippen molar-refractivity contribution in [1.82, 2.24) is 19.8 Å². The highest BCUT2D eigenvalue weighted by Crippen LogP contribution is 2.48. The summed E-state index contributed by atoms with van der Waals surface area (Å²) < 4.78 is 85.1. The van der Waals surface area contributed by atoms with Crippen LogP contribution in [0.25, 0.3) is 21.7 Å². The zero-order chi connectivity index (χ0) is 81.2. The summed E-state index contributed by atoms with van der Waals surface area (Å²) in [5, 5.41) is 121. The molecule has 10 rings (SSSR count). The fourth-order valence-corrected chi connectivity index (χ4v) is 14.1. The number of nitrogens with zero attached hydrogens (tertiary/aromatic N) is 5. The number of hydrazine groups is 1. The number of ether oxygens (including phenoxy) is 8. The summed E-state index contributed by atoms with van der Waals surface area (Å²) in [6, 6.07) is 15.1. The summed E-state index contributed by atoms with van der Waals surface area (Å²) in [7, 11) is -2.65. The number of aliphatic hydroxyl groups is 8. The Hall–Kier alpha value is -9.44. The van der Waals surface area contributed by atoms with Crippen molar-refractivity contribution in [2.24, 2.45) is 27.6 Å². The smallest absolute Gasteiger partial charge is 0.497 e. The maximum atomic E-state index is 15.0. The predicted octanol–water partition coefficient (Wildman–Crippen LogP) is -1.11. The largest absolute Gasteiger partial charge is 0.501 e. The number of aliphatic hydroxyl groups excluding tert-OH is 8. The third kappa shape index (κ3) is 19.0. The second kappa shape index (κ2) is 34.3. The molecule has 5 aliphatic heterocycles. The molecule has 0 saturated carbocycles. The van der Waals surface area contributed by atoms with Gasteiger partial charge in [0.05, 0.1) is 57.2 Å². The van der Waals surface area contributed by atoms with Gasteiger partial charge in [0.2, 0.25) is 6.29 Å². The number of nitrogens with two attached hydrogens (primary N) is 2. The van der Waals surface area contributed by atoms with Crippen molar-refractivity contribution in [2.45, 2.75) is 133 Å². The third-order valence-electron chi connectivity index (χ3n) is 18.5. The average molecular weight is 1600 g/mol. The van der Waals surface area contributed by atoms with Crippen LogP contribution in [0.2, 0.25) is 0 Å². The number of benzene rings is 4. The molecule has 39 nitrogen and oxygen atoms in total. The van der Waals surface area contributed by atoms with Crippen LogP contribution in [0.5, 0.6) is 23.0 Å². The normalized spacial score (nSPS) is 26.6.